The second kappa shape index (κ2) is 5.70. The first kappa shape index (κ1) is 15.0. The molecule has 7 heteroatoms. The van der Waals surface area contributed by atoms with Crippen LogP contribution in [0, 0.1) is 0 Å². The van der Waals surface area contributed by atoms with Gasteiger partial charge in [0.15, 0.2) is 0 Å². The second-order valence-electron chi connectivity index (χ2n) is 5.35. The molecule has 0 aliphatic carbocycles. The van der Waals surface area contributed by atoms with Crippen molar-refractivity contribution in [3.05, 3.63) is 34.9 Å². The molecule has 1 amide bonds. The number of ether oxygens (including phenoxy) is 1. The summed E-state index contributed by atoms with van der Waals surface area (Å²) in [4.78, 5) is 29.7. The van der Waals surface area contributed by atoms with Crippen molar-refractivity contribution in [1.82, 2.24) is 4.90 Å². The fraction of sp³-hybridized carbons (Fsp3) is 0.400. The summed E-state index contributed by atoms with van der Waals surface area (Å²) in [5, 5.41) is 9.67. The third-order valence-electron chi connectivity index (χ3n) is 3.97. The SMILES string of the molecule is O=C(O)CN1C(=O)C(c2ccc(Cl)cc2)=NC12CCOCC2. The maximum Gasteiger partial charge on any atom is 0.323 e. The van der Waals surface area contributed by atoms with E-state index >= 15 is 0 Å². The lowest BCUT2D eigenvalue weighted by molar-refractivity contribution is -0.147. The van der Waals surface area contributed by atoms with E-state index in [1.807, 2.05) is 0 Å². The van der Waals surface area contributed by atoms with Crippen LogP contribution in [0.5, 0.6) is 0 Å². The number of halogens is 1. The average molecular weight is 323 g/mol. The van der Waals surface area contributed by atoms with E-state index in [4.69, 9.17) is 21.4 Å². The van der Waals surface area contributed by atoms with Crippen molar-refractivity contribution in [2.75, 3.05) is 19.8 Å². The van der Waals surface area contributed by atoms with E-state index in [9.17, 15) is 9.59 Å². The van der Waals surface area contributed by atoms with Gasteiger partial charge >= 0.3 is 5.97 Å². The van der Waals surface area contributed by atoms with Gasteiger partial charge in [0.05, 0.1) is 13.2 Å². The van der Waals surface area contributed by atoms with Crippen LogP contribution in [-0.2, 0) is 14.3 Å². The van der Waals surface area contributed by atoms with Gasteiger partial charge in [-0.2, -0.15) is 0 Å². The normalized spacial score (nSPS) is 20.3. The number of benzene rings is 1. The summed E-state index contributed by atoms with van der Waals surface area (Å²) < 4.78 is 5.33. The molecule has 6 nitrogen and oxygen atoms in total. The second-order valence-corrected chi connectivity index (χ2v) is 5.78. The molecule has 0 unspecified atom stereocenters. The fourth-order valence-electron chi connectivity index (χ4n) is 2.86. The number of aliphatic imine (C=N–C) groups is 1. The van der Waals surface area contributed by atoms with Gasteiger partial charge in [-0.3, -0.25) is 14.6 Å². The number of aliphatic carboxylic acids is 1. The zero-order valence-corrected chi connectivity index (χ0v) is 12.5. The molecular formula is C15H15ClN2O4. The van der Waals surface area contributed by atoms with Crippen LogP contribution in [-0.4, -0.2) is 53.0 Å². The zero-order chi connectivity index (χ0) is 15.7. The van der Waals surface area contributed by atoms with E-state index < -0.39 is 11.6 Å². The highest BCUT2D eigenvalue weighted by Crippen LogP contribution is 2.35. The lowest BCUT2D eigenvalue weighted by atomic mass is 10.00. The van der Waals surface area contributed by atoms with Crippen molar-refractivity contribution in [3.8, 4) is 0 Å². The Kier molecular flexibility index (Phi) is 3.88. The van der Waals surface area contributed by atoms with E-state index in [0.717, 1.165) is 0 Å². The fourth-order valence-corrected chi connectivity index (χ4v) is 2.99. The Morgan fingerprint density at radius 1 is 1.32 bits per heavy atom. The number of hydrogen-bond donors (Lipinski definition) is 1. The molecule has 2 aliphatic rings. The van der Waals surface area contributed by atoms with Crippen molar-refractivity contribution in [2.45, 2.75) is 18.5 Å². The lowest BCUT2D eigenvalue weighted by Gasteiger charge is -2.38. The standard InChI is InChI=1S/C15H15ClN2O4/c16-11-3-1-10(2-4-11)13-14(21)18(9-12(19)20)15(17-13)5-7-22-8-6-15/h1-4H,5-9H2,(H,19,20). The number of amides is 1. The number of carbonyl (C=O) groups excluding carboxylic acids is 1. The van der Waals surface area contributed by atoms with Crippen LogP contribution in [0.1, 0.15) is 18.4 Å². The van der Waals surface area contributed by atoms with Gasteiger partial charge in [-0.05, 0) is 12.1 Å². The monoisotopic (exact) mass is 322 g/mol. The van der Waals surface area contributed by atoms with E-state index in [1.54, 1.807) is 24.3 Å². The van der Waals surface area contributed by atoms with Gasteiger partial charge in [-0.15, -0.1) is 0 Å². The molecule has 116 valence electrons. The quantitative estimate of drug-likeness (QED) is 0.916. The molecule has 1 saturated heterocycles. The highest BCUT2D eigenvalue weighted by Gasteiger charge is 2.48. The molecule has 2 aliphatic heterocycles. The molecule has 1 spiro atoms. The van der Waals surface area contributed by atoms with Gasteiger partial charge < -0.3 is 14.7 Å². The Bertz CT molecular complexity index is 635. The Labute approximate surface area is 132 Å². The molecule has 0 bridgehead atoms. The maximum atomic E-state index is 12.7. The molecular weight excluding hydrogens is 308 g/mol. The number of carboxylic acid groups (broad SMARTS) is 1. The van der Waals surface area contributed by atoms with E-state index in [1.165, 1.54) is 4.90 Å². The number of nitrogens with zero attached hydrogens (tertiary/aromatic N) is 2. The predicted octanol–water partition coefficient (Wildman–Crippen LogP) is 1.56. The predicted molar refractivity (Wildman–Crippen MR) is 80.1 cm³/mol. The largest absolute Gasteiger partial charge is 0.480 e. The van der Waals surface area contributed by atoms with Crippen LogP contribution in [0.4, 0.5) is 0 Å². The minimum Gasteiger partial charge on any atom is -0.480 e. The molecule has 1 N–H and O–H groups in total. The number of carbonyl (C=O) groups is 2. The van der Waals surface area contributed by atoms with Crippen molar-refractivity contribution in [1.29, 1.82) is 0 Å². The summed E-state index contributed by atoms with van der Waals surface area (Å²) in [5.41, 5.74) is 0.135. The molecule has 0 saturated carbocycles. The molecule has 3 rings (SSSR count). The van der Waals surface area contributed by atoms with E-state index in [2.05, 4.69) is 4.99 Å². The Hall–Kier alpha value is -1.92. The minimum atomic E-state index is -1.05. The van der Waals surface area contributed by atoms with Crippen molar-refractivity contribution < 1.29 is 19.4 Å². The van der Waals surface area contributed by atoms with Crippen LogP contribution < -0.4 is 0 Å². The van der Waals surface area contributed by atoms with Gasteiger partial charge in [0.1, 0.15) is 17.9 Å². The molecule has 0 radical (unpaired) electrons. The molecule has 0 atom stereocenters. The minimum absolute atomic E-state index is 0.291. The summed E-state index contributed by atoms with van der Waals surface area (Å²) in [7, 11) is 0. The van der Waals surface area contributed by atoms with E-state index in [-0.39, 0.29) is 12.5 Å². The first-order valence-electron chi connectivity index (χ1n) is 6.99. The van der Waals surface area contributed by atoms with Gasteiger partial charge in [-0.1, -0.05) is 23.7 Å². The Morgan fingerprint density at radius 3 is 2.55 bits per heavy atom. The highest BCUT2D eigenvalue weighted by atomic mass is 35.5. The Balaban J connectivity index is 1.99. The molecule has 0 aromatic heterocycles. The van der Waals surface area contributed by atoms with Crippen molar-refractivity contribution >= 4 is 29.2 Å². The van der Waals surface area contributed by atoms with Gasteiger partial charge in [0.25, 0.3) is 5.91 Å². The number of rotatable bonds is 3. The Morgan fingerprint density at radius 2 is 1.95 bits per heavy atom. The first-order chi connectivity index (χ1) is 10.5. The van der Waals surface area contributed by atoms with Gasteiger partial charge in [-0.25, -0.2) is 0 Å². The number of hydrogen-bond acceptors (Lipinski definition) is 4. The van der Waals surface area contributed by atoms with Crippen molar-refractivity contribution in [2.24, 2.45) is 4.99 Å². The van der Waals surface area contributed by atoms with Gasteiger partial charge in [0, 0.05) is 23.4 Å². The third kappa shape index (κ3) is 2.60. The van der Waals surface area contributed by atoms with Gasteiger partial charge in [0.2, 0.25) is 0 Å². The molecule has 1 aromatic rings. The van der Waals surface area contributed by atoms with Crippen LogP contribution in [0.3, 0.4) is 0 Å². The van der Waals surface area contributed by atoms with E-state index in [0.29, 0.717) is 42.4 Å². The number of carboxylic acids is 1. The smallest absolute Gasteiger partial charge is 0.323 e. The zero-order valence-electron chi connectivity index (χ0n) is 11.8. The third-order valence-corrected chi connectivity index (χ3v) is 4.23. The summed E-state index contributed by atoms with van der Waals surface area (Å²) in [5.74, 6) is -1.40. The maximum absolute atomic E-state index is 12.7. The highest BCUT2D eigenvalue weighted by molar-refractivity contribution is 6.47. The van der Waals surface area contributed by atoms with Crippen molar-refractivity contribution in [3.63, 3.8) is 0 Å². The molecule has 2 heterocycles. The van der Waals surface area contributed by atoms with Crippen LogP contribution in [0.2, 0.25) is 5.02 Å². The summed E-state index contributed by atoms with van der Waals surface area (Å²) in [6.45, 7) is 0.557. The van der Waals surface area contributed by atoms with Crippen LogP contribution >= 0.6 is 11.6 Å². The summed E-state index contributed by atoms with van der Waals surface area (Å²) in [6, 6.07) is 6.80. The molecule has 22 heavy (non-hydrogen) atoms. The summed E-state index contributed by atoms with van der Waals surface area (Å²) >= 11 is 5.86. The first-order valence-corrected chi connectivity index (χ1v) is 7.37. The molecule has 1 aromatic carbocycles. The summed E-state index contributed by atoms with van der Waals surface area (Å²) in [6.07, 6.45) is 1.01. The lowest BCUT2D eigenvalue weighted by Crippen LogP contribution is -2.52. The van der Waals surface area contributed by atoms with Crippen LogP contribution in [0.15, 0.2) is 29.3 Å². The topological polar surface area (TPSA) is 79.2 Å². The molecule has 1 fully saturated rings. The van der Waals surface area contributed by atoms with Crippen LogP contribution in [0.25, 0.3) is 0 Å². The average Bonchev–Trinajstić information content (AvgIpc) is 2.74.